The summed E-state index contributed by atoms with van der Waals surface area (Å²) in [5, 5.41) is 11.9. The fourth-order valence-electron chi connectivity index (χ4n) is 2.59. The first-order chi connectivity index (χ1) is 11.8. The van der Waals surface area contributed by atoms with Gasteiger partial charge in [-0.15, -0.1) is 0 Å². The van der Waals surface area contributed by atoms with E-state index in [-0.39, 0.29) is 12.3 Å². The number of rotatable bonds is 8. The van der Waals surface area contributed by atoms with Gasteiger partial charge in [0.05, 0.1) is 6.20 Å². The largest absolute Gasteiger partial charge is 0.480 e. The predicted molar refractivity (Wildman–Crippen MR) is 94.1 cm³/mol. The Morgan fingerprint density at radius 2 is 1.96 bits per heavy atom. The lowest BCUT2D eigenvalue weighted by Gasteiger charge is -2.25. The lowest BCUT2D eigenvalue weighted by atomic mass is 9.96. The van der Waals surface area contributed by atoms with Crippen LogP contribution in [0.2, 0.25) is 0 Å². The third-order valence-electron chi connectivity index (χ3n) is 4.09. The van der Waals surface area contributed by atoms with Gasteiger partial charge in [-0.1, -0.05) is 43.2 Å². The van der Waals surface area contributed by atoms with Gasteiger partial charge in [0.1, 0.15) is 5.54 Å². The molecule has 0 aliphatic heterocycles. The van der Waals surface area contributed by atoms with E-state index in [1.807, 2.05) is 38.1 Å². The van der Waals surface area contributed by atoms with Crippen molar-refractivity contribution in [3.05, 3.63) is 41.9 Å². The number of hydrogen-bond acceptors (Lipinski definition) is 4. The number of nitrogens with one attached hydrogen (secondary N) is 1. The number of amides is 1. The number of carboxylic acid groups (broad SMARTS) is 1. The maximum absolute atomic E-state index is 12.1. The second-order valence-corrected chi connectivity index (χ2v) is 6.42. The maximum atomic E-state index is 12.1. The molecular weight excluding hydrogens is 320 g/mol. The van der Waals surface area contributed by atoms with Crippen LogP contribution in [0.4, 0.5) is 0 Å². The number of nitrogens with zero attached hydrogens (tertiary/aromatic N) is 1. The predicted octanol–water partition coefficient (Wildman–Crippen LogP) is 3.34. The van der Waals surface area contributed by atoms with E-state index in [1.165, 1.54) is 6.92 Å². The van der Waals surface area contributed by atoms with Crippen molar-refractivity contribution in [2.24, 2.45) is 0 Å². The number of benzene rings is 1. The summed E-state index contributed by atoms with van der Waals surface area (Å²) in [5.41, 5.74) is 0.846. The topological polar surface area (TPSA) is 92.4 Å². The van der Waals surface area contributed by atoms with Crippen LogP contribution in [0.15, 0.2) is 34.9 Å². The van der Waals surface area contributed by atoms with E-state index in [0.29, 0.717) is 30.9 Å². The fourth-order valence-corrected chi connectivity index (χ4v) is 2.59. The summed E-state index contributed by atoms with van der Waals surface area (Å²) in [6, 6.07) is 7.89. The van der Waals surface area contributed by atoms with Crippen molar-refractivity contribution < 1.29 is 19.1 Å². The number of oxazole rings is 1. The van der Waals surface area contributed by atoms with Crippen LogP contribution in [-0.4, -0.2) is 27.5 Å². The van der Waals surface area contributed by atoms with Gasteiger partial charge in [0.15, 0.2) is 11.7 Å². The number of aromatic nitrogens is 1. The zero-order chi connectivity index (χ0) is 18.4. The molecule has 1 heterocycles. The Morgan fingerprint density at radius 3 is 2.56 bits per heavy atom. The molecule has 6 nitrogen and oxygen atoms in total. The van der Waals surface area contributed by atoms with Crippen LogP contribution in [0.5, 0.6) is 0 Å². The first-order valence-corrected chi connectivity index (χ1v) is 8.40. The van der Waals surface area contributed by atoms with Crippen LogP contribution in [0.1, 0.15) is 44.6 Å². The van der Waals surface area contributed by atoms with Crippen molar-refractivity contribution >= 4 is 11.9 Å². The molecule has 2 N–H and O–H groups in total. The van der Waals surface area contributed by atoms with Crippen molar-refractivity contribution in [1.82, 2.24) is 10.3 Å². The summed E-state index contributed by atoms with van der Waals surface area (Å²) in [6.45, 7) is 5.42. The fraction of sp³-hybridized carbons (Fsp3) is 0.421. The molecule has 1 unspecified atom stereocenters. The van der Waals surface area contributed by atoms with E-state index in [1.54, 1.807) is 6.20 Å². The van der Waals surface area contributed by atoms with E-state index in [0.717, 1.165) is 11.1 Å². The van der Waals surface area contributed by atoms with E-state index in [9.17, 15) is 14.7 Å². The number of hydrogen-bond donors (Lipinski definition) is 2. The molecule has 0 aliphatic rings. The second kappa shape index (κ2) is 7.96. The van der Waals surface area contributed by atoms with Crippen molar-refractivity contribution in [3.8, 4) is 11.3 Å². The minimum absolute atomic E-state index is 0.125. The Labute approximate surface area is 147 Å². The van der Waals surface area contributed by atoms with Crippen LogP contribution >= 0.6 is 0 Å². The Hall–Kier alpha value is -2.63. The first kappa shape index (κ1) is 18.7. The highest BCUT2D eigenvalue weighted by molar-refractivity contribution is 5.86. The third-order valence-corrected chi connectivity index (χ3v) is 4.09. The summed E-state index contributed by atoms with van der Waals surface area (Å²) in [7, 11) is 0. The number of carbonyl (C=O) groups excluding carboxylic acids is 1. The molecule has 2 rings (SSSR count). The molecular formula is C19H24N2O4. The molecule has 25 heavy (non-hydrogen) atoms. The van der Waals surface area contributed by atoms with Gasteiger partial charge < -0.3 is 14.8 Å². The van der Waals surface area contributed by atoms with Gasteiger partial charge in [-0.3, -0.25) is 4.79 Å². The quantitative estimate of drug-likeness (QED) is 0.766. The van der Waals surface area contributed by atoms with Crippen LogP contribution in [0.25, 0.3) is 11.3 Å². The molecule has 134 valence electrons. The molecule has 1 amide bonds. The van der Waals surface area contributed by atoms with E-state index in [2.05, 4.69) is 10.3 Å². The highest BCUT2D eigenvalue weighted by atomic mass is 16.4. The van der Waals surface area contributed by atoms with E-state index < -0.39 is 11.5 Å². The van der Waals surface area contributed by atoms with Crippen LogP contribution in [0, 0.1) is 6.92 Å². The molecule has 0 fully saturated rings. The summed E-state index contributed by atoms with van der Waals surface area (Å²) >= 11 is 0. The van der Waals surface area contributed by atoms with E-state index in [4.69, 9.17) is 4.42 Å². The van der Waals surface area contributed by atoms with Crippen LogP contribution in [0.3, 0.4) is 0 Å². The standard InChI is InChI=1S/C19H24N2O4/c1-4-11-19(3,18(23)24)21-16(22)9-10-17-20-12-15(25-17)14-7-5-13(2)6-8-14/h5-8,12H,4,9-11H2,1-3H3,(H,21,22)(H,23,24). The molecule has 0 bridgehead atoms. The van der Waals surface area contributed by atoms with Crippen LogP contribution < -0.4 is 5.32 Å². The zero-order valence-corrected chi connectivity index (χ0v) is 14.8. The van der Waals surface area contributed by atoms with Crippen molar-refractivity contribution in [2.75, 3.05) is 0 Å². The number of carboxylic acids is 1. The zero-order valence-electron chi connectivity index (χ0n) is 14.8. The summed E-state index contributed by atoms with van der Waals surface area (Å²) in [4.78, 5) is 27.6. The molecule has 0 spiro atoms. The van der Waals surface area contributed by atoms with Gasteiger partial charge in [0, 0.05) is 18.4 Å². The van der Waals surface area contributed by atoms with Gasteiger partial charge in [-0.2, -0.15) is 0 Å². The number of carbonyl (C=O) groups is 2. The summed E-state index contributed by atoms with van der Waals surface area (Å²) < 4.78 is 5.68. The average Bonchev–Trinajstić information content (AvgIpc) is 3.02. The molecule has 0 saturated carbocycles. The lowest BCUT2D eigenvalue weighted by Crippen LogP contribution is -2.52. The highest BCUT2D eigenvalue weighted by Gasteiger charge is 2.33. The molecule has 2 aromatic rings. The molecule has 1 atom stereocenters. The normalized spacial score (nSPS) is 13.2. The average molecular weight is 344 g/mol. The number of aryl methyl sites for hydroxylation is 2. The van der Waals surface area contributed by atoms with Gasteiger partial charge in [0.25, 0.3) is 0 Å². The minimum Gasteiger partial charge on any atom is -0.480 e. The third kappa shape index (κ3) is 4.92. The van der Waals surface area contributed by atoms with Gasteiger partial charge in [0.2, 0.25) is 5.91 Å². The molecule has 0 radical (unpaired) electrons. The Kier molecular flexibility index (Phi) is 5.96. The first-order valence-electron chi connectivity index (χ1n) is 8.40. The smallest absolute Gasteiger partial charge is 0.329 e. The molecule has 1 aromatic carbocycles. The molecule has 0 aliphatic carbocycles. The highest BCUT2D eigenvalue weighted by Crippen LogP contribution is 2.21. The van der Waals surface area contributed by atoms with Gasteiger partial charge >= 0.3 is 5.97 Å². The lowest BCUT2D eigenvalue weighted by molar-refractivity contribution is -0.147. The van der Waals surface area contributed by atoms with Gasteiger partial charge in [-0.05, 0) is 20.3 Å². The molecule has 0 saturated heterocycles. The Morgan fingerprint density at radius 1 is 1.28 bits per heavy atom. The summed E-state index contributed by atoms with van der Waals surface area (Å²) in [6.07, 6.45) is 3.13. The minimum atomic E-state index is -1.24. The number of aliphatic carboxylic acids is 1. The molecule has 6 heteroatoms. The second-order valence-electron chi connectivity index (χ2n) is 6.42. The SMILES string of the molecule is CCCC(C)(NC(=O)CCc1ncc(-c2ccc(C)cc2)o1)C(=O)O. The van der Waals surface area contributed by atoms with Crippen molar-refractivity contribution in [3.63, 3.8) is 0 Å². The summed E-state index contributed by atoms with van der Waals surface area (Å²) in [5.74, 6) is -0.246. The van der Waals surface area contributed by atoms with Gasteiger partial charge in [-0.25, -0.2) is 9.78 Å². The molecule has 1 aromatic heterocycles. The maximum Gasteiger partial charge on any atom is 0.329 e. The van der Waals surface area contributed by atoms with Crippen LogP contribution in [-0.2, 0) is 16.0 Å². The monoisotopic (exact) mass is 344 g/mol. The van der Waals surface area contributed by atoms with E-state index >= 15 is 0 Å². The van der Waals surface area contributed by atoms with Crippen molar-refractivity contribution in [2.45, 2.75) is 52.0 Å². The Balaban J connectivity index is 1.94. The van der Waals surface area contributed by atoms with Crippen molar-refractivity contribution in [1.29, 1.82) is 0 Å². The Bertz CT molecular complexity index is 736.